The van der Waals surface area contributed by atoms with E-state index in [0.29, 0.717) is 16.3 Å². The lowest BCUT2D eigenvalue weighted by molar-refractivity contribution is 0.0856. The van der Waals surface area contributed by atoms with Crippen LogP contribution in [-0.2, 0) is 6.42 Å². The molecule has 0 aliphatic rings. The Morgan fingerprint density at radius 3 is 2.65 bits per heavy atom. The minimum Gasteiger partial charge on any atom is -0.394 e. The molecule has 0 saturated heterocycles. The predicted molar refractivity (Wildman–Crippen MR) is 80.2 cm³/mol. The number of amides is 1. The molecule has 0 spiro atoms. The molecule has 1 amide bonds. The molecule has 1 atom stereocenters. The predicted octanol–water partition coefficient (Wildman–Crippen LogP) is 2.52. The number of benzene rings is 1. The molecule has 0 aliphatic carbocycles. The van der Waals surface area contributed by atoms with Gasteiger partial charge in [-0.2, -0.15) is 0 Å². The molecule has 2 aromatic rings. The van der Waals surface area contributed by atoms with Crippen LogP contribution in [0.1, 0.15) is 22.2 Å². The van der Waals surface area contributed by atoms with Crippen molar-refractivity contribution in [3.05, 3.63) is 52.0 Å². The van der Waals surface area contributed by atoms with Crippen LogP contribution in [0, 0.1) is 0 Å². The Hall–Kier alpha value is -1.43. The van der Waals surface area contributed by atoms with Crippen LogP contribution in [0.4, 0.5) is 0 Å². The van der Waals surface area contributed by atoms with Gasteiger partial charge in [0.25, 0.3) is 5.91 Å². The lowest BCUT2D eigenvalue weighted by atomic mass is 9.93. The van der Waals surface area contributed by atoms with Gasteiger partial charge in [0.15, 0.2) is 0 Å². The molecule has 0 aliphatic heterocycles. The van der Waals surface area contributed by atoms with Crippen molar-refractivity contribution < 1.29 is 9.90 Å². The van der Waals surface area contributed by atoms with E-state index in [1.807, 2.05) is 12.1 Å². The molecule has 6 heteroatoms. The number of carbonyl (C=O) groups excluding carboxylic acids is 1. The van der Waals surface area contributed by atoms with E-state index in [1.165, 1.54) is 0 Å². The Morgan fingerprint density at radius 2 is 2.10 bits per heavy atom. The maximum Gasteiger partial charge on any atom is 0.263 e. The van der Waals surface area contributed by atoms with Gasteiger partial charge in [0.2, 0.25) is 0 Å². The van der Waals surface area contributed by atoms with Gasteiger partial charge in [-0.3, -0.25) is 4.79 Å². The summed E-state index contributed by atoms with van der Waals surface area (Å²) in [6, 6.07) is 9.00. The van der Waals surface area contributed by atoms with Gasteiger partial charge in [0, 0.05) is 11.2 Å². The highest BCUT2D eigenvalue weighted by Gasteiger charge is 2.27. The fourth-order valence-electron chi connectivity index (χ4n) is 1.86. The fourth-order valence-corrected chi connectivity index (χ4v) is 2.48. The maximum atomic E-state index is 12.1. The minimum absolute atomic E-state index is 0.153. The van der Waals surface area contributed by atoms with Crippen LogP contribution in [0.15, 0.2) is 36.5 Å². The number of hydrogen-bond donors (Lipinski definition) is 2. The number of aliphatic hydroxyl groups is 1. The standard InChI is InChI=1S/C14H15ClN2O2S/c1-14(9-18,8-10-2-4-11(15)5-3-10)17-13(19)12-6-7-16-20-12/h2-7,18H,8-9H2,1H3,(H,17,19). The zero-order valence-electron chi connectivity index (χ0n) is 11.0. The van der Waals surface area contributed by atoms with Gasteiger partial charge in [-0.15, -0.1) is 0 Å². The lowest BCUT2D eigenvalue weighted by Crippen LogP contribution is -2.50. The summed E-state index contributed by atoms with van der Waals surface area (Å²) >= 11 is 6.97. The summed E-state index contributed by atoms with van der Waals surface area (Å²) in [6.45, 7) is 1.65. The molecule has 1 aromatic carbocycles. The Bertz CT molecular complexity index is 571. The first kappa shape index (κ1) is 15.0. The molecule has 2 N–H and O–H groups in total. The summed E-state index contributed by atoms with van der Waals surface area (Å²) in [5.41, 5.74) is 0.269. The van der Waals surface area contributed by atoms with Crippen LogP contribution in [-0.4, -0.2) is 27.5 Å². The van der Waals surface area contributed by atoms with E-state index in [4.69, 9.17) is 11.6 Å². The first-order chi connectivity index (χ1) is 9.52. The lowest BCUT2D eigenvalue weighted by Gasteiger charge is -2.28. The van der Waals surface area contributed by atoms with Gasteiger partial charge in [0.05, 0.1) is 12.1 Å². The molecule has 1 unspecified atom stereocenters. The average molecular weight is 311 g/mol. The van der Waals surface area contributed by atoms with Crippen molar-refractivity contribution in [2.45, 2.75) is 18.9 Å². The number of nitrogens with one attached hydrogen (secondary N) is 1. The topological polar surface area (TPSA) is 62.2 Å². The Kier molecular flexibility index (Phi) is 4.75. The smallest absolute Gasteiger partial charge is 0.263 e. The van der Waals surface area contributed by atoms with E-state index in [-0.39, 0.29) is 12.5 Å². The summed E-state index contributed by atoms with van der Waals surface area (Å²) in [4.78, 5) is 12.6. The molecule has 0 fully saturated rings. The number of aromatic nitrogens is 1. The van der Waals surface area contributed by atoms with E-state index in [9.17, 15) is 9.90 Å². The maximum absolute atomic E-state index is 12.1. The molecule has 4 nitrogen and oxygen atoms in total. The molecule has 0 bridgehead atoms. The number of halogens is 1. The van der Waals surface area contributed by atoms with Gasteiger partial charge in [-0.05, 0) is 48.6 Å². The molecular formula is C14H15ClN2O2S. The number of aliphatic hydroxyl groups excluding tert-OH is 1. The van der Waals surface area contributed by atoms with Crippen LogP contribution < -0.4 is 5.32 Å². The van der Waals surface area contributed by atoms with Gasteiger partial charge in [-0.25, -0.2) is 4.37 Å². The molecule has 2 rings (SSSR count). The van der Waals surface area contributed by atoms with Crippen LogP contribution in [0.3, 0.4) is 0 Å². The number of rotatable bonds is 5. The van der Waals surface area contributed by atoms with Crippen LogP contribution in [0.2, 0.25) is 5.02 Å². The molecule has 106 valence electrons. The Morgan fingerprint density at radius 1 is 1.40 bits per heavy atom. The summed E-state index contributed by atoms with van der Waals surface area (Å²) in [6.07, 6.45) is 2.10. The van der Waals surface area contributed by atoms with E-state index >= 15 is 0 Å². The van der Waals surface area contributed by atoms with Crippen molar-refractivity contribution in [1.29, 1.82) is 0 Å². The number of nitrogens with zero attached hydrogens (tertiary/aromatic N) is 1. The monoisotopic (exact) mass is 310 g/mol. The summed E-state index contributed by atoms with van der Waals surface area (Å²) in [5, 5.41) is 13.1. The van der Waals surface area contributed by atoms with E-state index in [2.05, 4.69) is 9.69 Å². The quantitative estimate of drug-likeness (QED) is 0.892. The highest BCUT2D eigenvalue weighted by molar-refractivity contribution is 7.08. The third-order valence-electron chi connectivity index (χ3n) is 2.93. The summed E-state index contributed by atoms with van der Waals surface area (Å²) in [7, 11) is 0. The van der Waals surface area contributed by atoms with Crippen molar-refractivity contribution in [3.8, 4) is 0 Å². The number of carbonyl (C=O) groups is 1. The third kappa shape index (κ3) is 3.79. The zero-order valence-corrected chi connectivity index (χ0v) is 12.5. The van der Waals surface area contributed by atoms with Crippen molar-refractivity contribution in [1.82, 2.24) is 9.69 Å². The summed E-state index contributed by atoms with van der Waals surface area (Å²) in [5.74, 6) is -0.224. The van der Waals surface area contributed by atoms with Gasteiger partial charge >= 0.3 is 0 Å². The molecular weight excluding hydrogens is 296 g/mol. The molecule has 1 aromatic heterocycles. The fraction of sp³-hybridized carbons (Fsp3) is 0.286. The van der Waals surface area contributed by atoms with Crippen LogP contribution >= 0.6 is 23.1 Å². The molecule has 1 heterocycles. The van der Waals surface area contributed by atoms with Crippen LogP contribution in [0.25, 0.3) is 0 Å². The van der Waals surface area contributed by atoms with Crippen LogP contribution in [0.5, 0.6) is 0 Å². The average Bonchev–Trinajstić information content (AvgIpc) is 2.95. The second-order valence-electron chi connectivity index (χ2n) is 4.85. The van der Waals surface area contributed by atoms with Crippen molar-refractivity contribution >= 4 is 29.0 Å². The van der Waals surface area contributed by atoms with Crippen molar-refractivity contribution in [3.63, 3.8) is 0 Å². The molecule has 0 radical (unpaired) electrons. The van der Waals surface area contributed by atoms with Gasteiger partial charge in [-0.1, -0.05) is 23.7 Å². The second kappa shape index (κ2) is 6.35. The highest BCUT2D eigenvalue weighted by Crippen LogP contribution is 2.17. The van der Waals surface area contributed by atoms with Gasteiger partial charge < -0.3 is 10.4 Å². The number of hydrogen-bond acceptors (Lipinski definition) is 4. The van der Waals surface area contributed by atoms with Crippen molar-refractivity contribution in [2.24, 2.45) is 0 Å². The molecule has 0 saturated carbocycles. The normalized spacial score (nSPS) is 13.8. The summed E-state index contributed by atoms with van der Waals surface area (Å²) < 4.78 is 3.90. The largest absolute Gasteiger partial charge is 0.394 e. The third-order valence-corrected chi connectivity index (χ3v) is 3.93. The van der Waals surface area contributed by atoms with Crippen molar-refractivity contribution in [2.75, 3.05) is 6.61 Å². The first-order valence-corrected chi connectivity index (χ1v) is 7.26. The van der Waals surface area contributed by atoms with E-state index in [0.717, 1.165) is 17.1 Å². The Labute approximate surface area is 126 Å². The minimum atomic E-state index is -0.727. The van der Waals surface area contributed by atoms with E-state index in [1.54, 1.807) is 31.3 Å². The zero-order chi connectivity index (χ0) is 14.6. The highest BCUT2D eigenvalue weighted by atomic mass is 35.5. The van der Waals surface area contributed by atoms with E-state index < -0.39 is 5.54 Å². The van der Waals surface area contributed by atoms with Gasteiger partial charge in [0.1, 0.15) is 4.88 Å². The SMILES string of the molecule is CC(CO)(Cc1ccc(Cl)cc1)NC(=O)c1ccns1. The second-order valence-corrected chi connectivity index (χ2v) is 6.12. The molecule has 20 heavy (non-hydrogen) atoms. The first-order valence-electron chi connectivity index (χ1n) is 6.11. The Balaban J connectivity index is 2.08.